The van der Waals surface area contributed by atoms with E-state index in [9.17, 15) is 13.2 Å². The van der Waals surface area contributed by atoms with Gasteiger partial charge in [-0.05, 0) is 50.0 Å². The number of aromatic nitrogens is 1. The number of pyridine rings is 1. The Morgan fingerprint density at radius 1 is 1.27 bits per heavy atom. The van der Waals surface area contributed by atoms with Crippen LogP contribution in [0.2, 0.25) is 0 Å². The highest BCUT2D eigenvalue weighted by Gasteiger charge is 2.42. The van der Waals surface area contributed by atoms with Crippen LogP contribution in [0.15, 0.2) is 48.1 Å². The molecular weight excluding hydrogens is 343 g/mol. The quantitative estimate of drug-likeness (QED) is 0.795. The van der Waals surface area contributed by atoms with Crippen LogP contribution in [0.4, 0.5) is 13.2 Å². The molecule has 0 saturated heterocycles. The predicted octanol–water partition coefficient (Wildman–Crippen LogP) is 4.01. The summed E-state index contributed by atoms with van der Waals surface area (Å²) in [5.74, 6) is 0.0733. The van der Waals surface area contributed by atoms with E-state index in [1.54, 1.807) is 38.4 Å². The van der Waals surface area contributed by atoms with E-state index in [-0.39, 0.29) is 12.4 Å². The van der Waals surface area contributed by atoms with Gasteiger partial charge in [-0.3, -0.25) is 4.98 Å². The monoisotopic (exact) mass is 369 g/mol. The molecule has 1 aromatic rings. The summed E-state index contributed by atoms with van der Waals surface area (Å²) in [5.41, 5.74) is 4.30. The van der Waals surface area contributed by atoms with E-state index in [0.717, 1.165) is 6.08 Å². The summed E-state index contributed by atoms with van der Waals surface area (Å²) < 4.78 is 46.3. The highest BCUT2D eigenvalue weighted by atomic mass is 19.4. The number of dihydropyridines is 1. The Balaban J connectivity index is 2.25. The van der Waals surface area contributed by atoms with Crippen molar-refractivity contribution in [1.29, 1.82) is 0 Å². The minimum Gasteiger partial charge on any atom is -0.490 e. The van der Waals surface area contributed by atoms with E-state index in [1.807, 2.05) is 13.8 Å². The largest absolute Gasteiger partial charge is 0.490 e. The van der Waals surface area contributed by atoms with Crippen LogP contribution in [0.5, 0.6) is 0 Å². The number of hydrogen-bond donors (Lipinski definition) is 2. The number of nitrogens with two attached hydrogens (primary N) is 1. The molecule has 0 spiro atoms. The van der Waals surface area contributed by atoms with Crippen molar-refractivity contribution < 1.29 is 17.9 Å². The number of nitrogens with zero attached hydrogens (tertiary/aromatic N) is 1. The Morgan fingerprint density at radius 3 is 2.42 bits per heavy atom. The van der Waals surface area contributed by atoms with Crippen molar-refractivity contribution in [2.75, 3.05) is 6.61 Å². The van der Waals surface area contributed by atoms with Crippen LogP contribution in [0, 0.1) is 5.92 Å². The molecule has 0 radical (unpaired) electrons. The highest BCUT2D eigenvalue weighted by Crippen LogP contribution is 2.38. The lowest BCUT2D eigenvalue weighted by Gasteiger charge is -2.35. The molecule has 4 nitrogen and oxygen atoms in total. The summed E-state index contributed by atoms with van der Waals surface area (Å²) in [5, 5.41) is 3.01. The van der Waals surface area contributed by atoms with Gasteiger partial charge in [0, 0.05) is 24.1 Å². The highest BCUT2D eigenvalue weighted by molar-refractivity contribution is 5.41. The van der Waals surface area contributed by atoms with E-state index in [2.05, 4.69) is 10.3 Å². The predicted molar refractivity (Wildman–Crippen MR) is 94.9 cm³/mol. The van der Waals surface area contributed by atoms with Crippen LogP contribution in [0.1, 0.15) is 39.7 Å². The molecule has 0 aromatic carbocycles. The molecule has 1 aliphatic heterocycles. The van der Waals surface area contributed by atoms with Gasteiger partial charge in [0.2, 0.25) is 0 Å². The third kappa shape index (κ3) is 5.00. The summed E-state index contributed by atoms with van der Waals surface area (Å²) in [4.78, 5) is 3.91. The smallest absolute Gasteiger partial charge is 0.419 e. The zero-order valence-corrected chi connectivity index (χ0v) is 15.5. The van der Waals surface area contributed by atoms with Crippen LogP contribution < -0.4 is 11.1 Å². The third-order valence-corrected chi connectivity index (χ3v) is 4.22. The zero-order chi connectivity index (χ0) is 19.6. The standard InChI is InChI=1S/C19H26F3N3O/c1-13(2)9-17(3,23)12-26-16-11-25-18(4,10-15(16)19(20,21)22)14-5-7-24-8-6-14/h5-8,10-11,13,25H,9,12,23H2,1-4H3. The van der Waals surface area contributed by atoms with Gasteiger partial charge in [-0.2, -0.15) is 13.2 Å². The van der Waals surface area contributed by atoms with Crippen LogP contribution in [-0.4, -0.2) is 23.3 Å². The number of rotatable bonds is 6. The first kappa shape index (κ1) is 20.3. The Morgan fingerprint density at radius 2 is 1.88 bits per heavy atom. The normalized spacial score (nSPS) is 23.0. The Hall–Kier alpha value is -2.02. The van der Waals surface area contributed by atoms with Gasteiger partial charge in [0.25, 0.3) is 0 Å². The van der Waals surface area contributed by atoms with Gasteiger partial charge in [-0.25, -0.2) is 0 Å². The van der Waals surface area contributed by atoms with E-state index in [0.29, 0.717) is 17.9 Å². The number of ether oxygens (including phenoxy) is 1. The summed E-state index contributed by atoms with van der Waals surface area (Å²) >= 11 is 0. The van der Waals surface area contributed by atoms with Gasteiger partial charge in [-0.15, -0.1) is 0 Å². The maximum Gasteiger partial charge on any atom is 0.419 e. The van der Waals surface area contributed by atoms with Gasteiger partial charge in [-0.1, -0.05) is 13.8 Å². The van der Waals surface area contributed by atoms with Crippen molar-refractivity contribution in [2.45, 2.75) is 51.4 Å². The molecule has 2 heterocycles. The van der Waals surface area contributed by atoms with Crippen LogP contribution >= 0.6 is 0 Å². The van der Waals surface area contributed by atoms with Crippen LogP contribution in [-0.2, 0) is 10.3 Å². The maximum absolute atomic E-state index is 13.6. The van der Waals surface area contributed by atoms with E-state index in [1.165, 1.54) is 6.20 Å². The Kier molecular flexibility index (Phi) is 5.70. The number of nitrogens with one attached hydrogen (secondary N) is 1. The van der Waals surface area contributed by atoms with E-state index in [4.69, 9.17) is 10.5 Å². The number of halogens is 3. The molecule has 144 valence electrons. The molecule has 3 N–H and O–H groups in total. The minimum absolute atomic E-state index is 0.00190. The van der Waals surface area contributed by atoms with Crippen molar-refractivity contribution in [1.82, 2.24) is 10.3 Å². The molecule has 0 saturated carbocycles. The lowest BCUT2D eigenvalue weighted by Crippen LogP contribution is -2.44. The fraction of sp³-hybridized carbons (Fsp3) is 0.526. The van der Waals surface area contributed by atoms with Gasteiger partial charge < -0.3 is 15.8 Å². The Bertz CT molecular complexity index is 681. The molecule has 2 unspecified atom stereocenters. The van der Waals surface area contributed by atoms with E-state index < -0.39 is 22.8 Å². The molecule has 7 heteroatoms. The first-order chi connectivity index (χ1) is 11.9. The molecule has 2 atom stereocenters. The van der Waals surface area contributed by atoms with Gasteiger partial charge in [0.1, 0.15) is 12.4 Å². The average Bonchev–Trinajstić information content (AvgIpc) is 2.52. The molecule has 0 bridgehead atoms. The maximum atomic E-state index is 13.6. The Labute approximate surface area is 152 Å². The first-order valence-corrected chi connectivity index (χ1v) is 8.53. The summed E-state index contributed by atoms with van der Waals surface area (Å²) in [7, 11) is 0. The lowest BCUT2D eigenvalue weighted by atomic mass is 9.88. The van der Waals surface area contributed by atoms with Crippen molar-refractivity contribution in [3.05, 3.63) is 53.7 Å². The second-order valence-electron chi connectivity index (χ2n) is 7.69. The molecule has 26 heavy (non-hydrogen) atoms. The minimum atomic E-state index is -4.54. The van der Waals surface area contributed by atoms with Crippen LogP contribution in [0.25, 0.3) is 0 Å². The van der Waals surface area contributed by atoms with Crippen molar-refractivity contribution in [3.63, 3.8) is 0 Å². The second kappa shape index (κ2) is 7.31. The lowest BCUT2D eigenvalue weighted by molar-refractivity contribution is -0.0958. The molecule has 0 fully saturated rings. The van der Waals surface area contributed by atoms with E-state index >= 15 is 0 Å². The SMILES string of the molecule is CC(C)CC(C)(N)COC1=CNC(C)(c2ccncc2)C=C1C(F)(F)F. The molecule has 1 aliphatic rings. The molecule has 2 rings (SSSR count). The molecule has 0 amide bonds. The summed E-state index contributed by atoms with van der Waals surface area (Å²) in [6.45, 7) is 7.47. The molecular formula is C19H26F3N3O. The van der Waals surface area contributed by atoms with Crippen molar-refractivity contribution >= 4 is 0 Å². The topological polar surface area (TPSA) is 60.2 Å². The van der Waals surface area contributed by atoms with Crippen molar-refractivity contribution in [2.24, 2.45) is 11.7 Å². The fourth-order valence-electron chi connectivity index (χ4n) is 3.13. The van der Waals surface area contributed by atoms with Gasteiger partial charge in [0.05, 0.1) is 11.1 Å². The summed E-state index contributed by atoms with van der Waals surface area (Å²) in [6, 6.07) is 3.35. The van der Waals surface area contributed by atoms with Gasteiger partial charge in [0.15, 0.2) is 0 Å². The average molecular weight is 369 g/mol. The molecule has 1 aromatic heterocycles. The summed E-state index contributed by atoms with van der Waals surface area (Å²) in [6.07, 6.45) is 1.62. The number of alkyl halides is 3. The zero-order valence-electron chi connectivity index (χ0n) is 15.5. The fourth-order valence-corrected chi connectivity index (χ4v) is 3.13. The van der Waals surface area contributed by atoms with Crippen LogP contribution in [0.3, 0.4) is 0 Å². The number of allylic oxidation sites excluding steroid dienone is 1. The van der Waals surface area contributed by atoms with Crippen molar-refractivity contribution in [3.8, 4) is 0 Å². The first-order valence-electron chi connectivity index (χ1n) is 8.53. The second-order valence-corrected chi connectivity index (χ2v) is 7.69. The molecule has 0 aliphatic carbocycles. The van der Waals surface area contributed by atoms with Gasteiger partial charge >= 0.3 is 6.18 Å². The third-order valence-electron chi connectivity index (χ3n) is 4.22. The number of hydrogen-bond acceptors (Lipinski definition) is 4.